The molecule has 6 nitrogen and oxygen atoms in total. The first-order chi connectivity index (χ1) is 12.0. The first kappa shape index (κ1) is 17.6. The fraction of sp³-hybridized carbons (Fsp3) is 0.500. The Morgan fingerprint density at radius 3 is 2.92 bits per heavy atom. The van der Waals surface area contributed by atoms with Crippen LogP contribution in [-0.4, -0.2) is 15.6 Å². The summed E-state index contributed by atoms with van der Waals surface area (Å²) in [4.78, 5) is 12.6. The minimum atomic E-state index is -0.605. The summed E-state index contributed by atoms with van der Waals surface area (Å²) in [6.45, 7) is 4.59. The summed E-state index contributed by atoms with van der Waals surface area (Å²) in [6, 6.07) is 2.12. The van der Waals surface area contributed by atoms with Gasteiger partial charge in [0.1, 0.15) is 17.4 Å². The van der Waals surface area contributed by atoms with Crippen LogP contribution >= 0.6 is 11.6 Å². The van der Waals surface area contributed by atoms with E-state index in [-0.39, 0.29) is 17.2 Å². The number of rotatable bonds is 4. The van der Waals surface area contributed by atoms with Crippen molar-refractivity contribution in [2.45, 2.75) is 58.4 Å². The first-order valence-electron chi connectivity index (χ1n) is 8.56. The molecule has 0 amide bonds. The molecule has 0 bridgehead atoms. The van der Waals surface area contributed by atoms with Gasteiger partial charge < -0.3 is 10.5 Å². The molecule has 3 rings (SSSR count). The Balaban J connectivity index is 2.21. The number of aromatic nitrogens is 2. The van der Waals surface area contributed by atoms with E-state index in [2.05, 4.69) is 18.1 Å². The molecule has 0 fully saturated rings. The van der Waals surface area contributed by atoms with E-state index in [1.807, 2.05) is 11.6 Å². The van der Waals surface area contributed by atoms with Crippen LogP contribution in [0.5, 0.6) is 0 Å². The molecule has 25 heavy (non-hydrogen) atoms. The number of halogens is 1. The number of hydrogen-bond donors (Lipinski definition) is 1. The zero-order chi connectivity index (χ0) is 18.1. The molecule has 0 spiro atoms. The summed E-state index contributed by atoms with van der Waals surface area (Å²) in [5.41, 5.74) is 8.08. The van der Waals surface area contributed by atoms with Crippen molar-refractivity contribution in [3.8, 4) is 6.07 Å². The van der Waals surface area contributed by atoms with Crippen LogP contribution in [0.3, 0.4) is 0 Å². The third kappa shape index (κ3) is 2.93. The molecule has 0 aromatic carbocycles. The maximum absolute atomic E-state index is 12.6. The zero-order valence-electron chi connectivity index (χ0n) is 14.4. The van der Waals surface area contributed by atoms with E-state index in [1.165, 1.54) is 0 Å². The van der Waals surface area contributed by atoms with Gasteiger partial charge in [-0.3, -0.25) is 9.48 Å². The number of unbranched alkanes of at least 4 members (excludes halogenated alkanes) is 1. The molecule has 0 saturated heterocycles. The quantitative estimate of drug-likeness (QED) is 0.887. The fourth-order valence-electron chi connectivity index (χ4n) is 3.46. The van der Waals surface area contributed by atoms with Crippen LogP contribution in [0.25, 0.3) is 0 Å². The minimum Gasteiger partial charge on any atom is -0.444 e. The second kappa shape index (κ2) is 6.93. The highest BCUT2D eigenvalue weighted by Gasteiger charge is 2.41. The summed E-state index contributed by atoms with van der Waals surface area (Å²) >= 11 is 6.54. The fourth-order valence-corrected chi connectivity index (χ4v) is 3.71. The summed E-state index contributed by atoms with van der Waals surface area (Å²) < 4.78 is 7.42. The molecular formula is C18H21ClN4O2. The van der Waals surface area contributed by atoms with Crippen LogP contribution in [0.2, 0.25) is 5.02 Å². The van der Waals surface area contributed by atoms with Gasteiger partial charge in [0.15, 0.2) is 5.78 Å². The number of nitrogens with two attached hydrogens (primary N) is 1. The third-order valence-electron chi connectivity index (χ3n) is 4.69. The number of carbonyl (C=O) groups is 1. The number of nitrogens with zero attached hydrogens (tertiary/aromatic N) is 3. The number of ether oxygens (including phenoxy) is 1. The van der Waals surface area contributed by atoms with Gasteiger partial charge in [-0.25, -0.2) is 0 Å². The molecule has 0 saturated carbocycles. The topological polar surface area (TPSA) is 93.9 Å². The molecule has 1 aliphatic carbocycles. The van der Waals surface area contributed by atoms with Crippen molar-refractivity contribution in [1.29, 1.82) is 5.26 Å². The highest BCUT2D eigenvalue weighted by Crippen LogP contribution is 2.45. The van der Waals surface area contributed by atoms with E-state index in [9.17, 15) is 10.1 Å². The molecule has 0 radical (unpaired) electrons. The second-order valence-electron chi connectivity index (χ2n) is 6.40. The molecule has 0 unspecified atom stereocenters. The molecule has 7 heteroatoms. The van der Waals surface area contributed by atoms with Crippen LogP contribution in [0.15, 0.2) is 22.8 Å². The Bertz CT molecular complexity index is 829. The number of Topliss-reactive ketones (excluding diaryl/α,β-unsaturated/α-hetero) is 1. The normalized spacial score (nSPS) is 20.4. The summed E-state index contributed by atoms with van der Waals surface area (Å²) in [6.07, 6.45) is 3.73. The lowest BCUT2D eigenvalue weighted by molar-refractivity contribution is -0.116. The highest BCUT2D eigenvalue weighted by molar-refractivity contribution is 6.32. The number of carbonyl (C=O) groups excluding carboxylic acids is 1. The number of hydrogen-bond acceptors (Lipinski definition) is 5. The average molecular weight is 361 g/mol. The van der Waals surface area contributed by atoms with Crippen molar-refractivity contribution in [3.05, 3.63) is 39.2 Å². The van der Waals surface area contributed by atoms with Crippen LogP contribution in [0.4, 0.5) is 0 Å². The molecule has 1 atom stereocenters. The minimum absolute atomic E-state index is 0.0107. The largest absolute Gasteiger partial charge is 0.444 e. The van der Waals surface area contributed by atoms with E-state index in [1.54, 1.807) is 0 Å². The SMILES string of the molecule is CCCCn1nc(C)c(Cl)c1[C@H]1C(C#N)=C(N)OC2=C1C(=O)CCC2. The van der Waals surface area contributed by atoms with Gasteiger partial charge in [0.25, 0.3) is 0 Å². The van der Waals surface area contributed by atoms with Crippen molar-refractivity contribution in [1.82, 2.24) is 9.78 Å². The zero-order valence-corrected chi connectivity index (χ0v) is 15.2. The Kier molecular flexibility index (Phi) is 4.87. The lowest BCUT2D eigenvalue weighted by atomic mass is 9.79. The van der Waals surface area contributed by atoms with Gasteiger partial charge in [0, 0.05) is 25.0 Å². The van der Waals surface area contributed by atoms with Crippen LogP contribution in [0.1, 0.15) is 56.3 Å². The summed E-state index contributed by atoms with van der Waals surface area (Å²) in [5, 5.41) is 14.7. The standard InChI is InChI=1S/C18H21ClN4O2/c1-3-4-8-23-17(16(19)10(2)22-23)14-11(9-20)18(21)25-13-7-5-6-12(24)15(13)14/h14H,3-8,21H2,1-2H3/t14-/m0/s1. The molecule has 2 N–H and O–H groups in total. The molecule has 1 aromatic rings. The van der Waals surface area contributed by atoms with Gasteiger partial charge in [-0.2, -0.15) is 10.4 Å². The highest BCUT2D eigenvalue weighted by atomic mass is 35.5. The number of ketones is 1. The van der Waals surface area contributed by atoms with Gasteiger partial charge in [-0.1, -0.05) is 24.9 Å². The average Bonchev–Trinajstić information content (AvgIpc) is 2.86. The van der Waals surface area contributed by atoms with E-state index in [0.29, 0.717) is 47.1 Å². The van der Waals surface area contributed by atoms with Crippen molar-refractivity contribution in [2.75, 3.05) is 0 Å². The molecule has 2 aliphatic rings. The Morgan fingerprint density at radius 1 is 1.48 bits per heavy atom. The second-order valence-corrected chi connectivity index (χ2v) is 6.78. The molecule has 1 aliphatic heterocycles. The number of nitriles is 1. The number of aryl methyl sites for hydroxylation is 2. The predicted molar refractivity (Wildman–Crippen MR) is 93.4 cm³/mol. The Morgan fingerprint density at radius 2 is 2.24 bits per heavy atom. The van der Waals surface area contributed by atoms with Crippen molar-refractivity contribution < 1.29 is 9.53 Å². The lowest BCUT2D eigenvalue weighted by Gasteiger charge is -2.31. The van der Waals surface area contributed by atoms with Gasteiger partial charge in [-0.05, 0) is 19.8 Å². The van der Waals surface area contributed by atoms with E-state index < -0.39 is 5.92 Å². The lowest BCUT2D eigenvalue weighted by Crippen LogP contribution is -2.29. The Labute approximate surface area is 151 Å². The van der Waals surface area contributed by atoms with Gasteiger partial charge in [0.2, 0.25) is 5.88 Å². The van der Waals surface area contributed by atoms with E-state index in [4.69, 9.17) is 22.1 Å². The summed E-state index contributed by atoms with van der Waals surface area (Å²) in [7, 11) is 0. The van der Waals surface area contributed by atoms with Gasteiger partial charge in [-0.15, -0.1) is 0 Å². The smallest absolute Gasteiger partial charge is 0.205 e. The molecule has 132 valence electrons. The first-order valence-corrected chi connectivity index (χ1v) is 8.94. The van der Waals surface area contributed by atoms with E-state index in [0.717, 1.165) is 19.3 Å². The van der Waals surface area contributed by atoms with Crippen molar-refractivity contribution in [2.24, 2.45) is 5.73 Å². The van der Waals surface area contributed by atoms with E-state index >= 15 is 0 Å². The summed E-state index contributed by atoms with van der Waals surface area (Å²) in [5.74, 6) is 0.00295. The predicted octanol–water partition coefficient (Wildman–Crippen LogP) is 3.46. The van der Waals surface area contributed by atoms with Gasteiger partial charge >= 0.3 is 0 Å². The van der Waals surface area contributed by atoms with Crippen LogP contribution in [-0.2, 0) is 16.1 Å². The molecule has 1 aromatic heterocycles. The maximum atomic E-state index is 12.6. The molecule has 2 heterocycles. The van der Waals surface area contributed by atoms with Crippen molar-refractivity contribution in [3.63, 3.8) is 0 Å². The van der Waals surface area contributed by atoms with Gasteiger partial charge in [0.05, 0.1) is 22.3 Å². The third-order valence-corrected chi connectivity index (χ3v) is 5.16. The molecular weight excluding hydrogens is 340 g/mol. The van der Waals surface area contributed by atoms with Crippen LogP contribution in [0, 0.1) is 18.3 Å². The Hall–Kier alpha value is -2.26. The van der Waals surface area contributed by atoms with Crippen LogP contribution < -0.4 is 5.73 Å². The maximum Gasteiger partial charge on any atom is 0.205 e. The monoisotopic (exact) mass is 360 g/mol. The number of allylic oxidation sites excluding steroid dienone is 3. The van der Waals surface area contributed by atoms with Crippen molar-refractivity contribution >= 4 is 17.4 Å².